The number of hydrogen-bond donors (Lipinski definition) is 1. The third-order valence-electron chi connectivity index (χ3n) is 4.28. The molecule has 1 heterocycles. The molecule has 1 N–H and O–H groups in total. The average molecular weight is 363 g/mol. The van der Waals surface area contributed by atoms with Gasteiger partial charge in [0.1, 0.15) is 24.7 Å². The predicted octanol–water partition coefficient (Wildman–Crippen LogP) is 4.07. The molecule has 5 nitrogen and oxygen atoms in total. The monoisotopic (exact) mass is 363 g/mol. The van der Waals surface area contributed by atoms with E-state index in [4.69, 9.17) is 14.6 Å². The third-order valence-corrected chi connectivity index (χ3v) is 4.28. The van der Waals surface area contributed by atoms with Gasteiger partial charge < -0.3 is 19.5 Å². The number of benzene rings is 2. The second-order valence-electron chi connectivity index (χ2n) is 6.09. The molecule has 2 aromatic carbocycles. The number of hydrogen-bond acceptors (Lipinski definition) is 3. The van der Waals surface area contributed by atoms with E-state index in [2.05, 4.69) is 0 Å². The molecule has 0 spiro atoms. The molecule has 0 bridgehead atoms. The van der Waals surface area contributed by atoms with Crippen LogP contribution in [0.25, 0.3) is 0 Å². The number of likely N-dealkylation sites (tertiary alicyclic amines) is 1. The molecule has 0 unspecified atom stereocenters. The summed E-state index contributed by atoms with van der Waals surface area (Å²) in [4.78, 5) is 12.5. The lowest BCUT2D eigenvalue weighted by molar-refractivity contribution is 0.123. The zero-order valence-corrected chi connectivity index (χ0v) is 14.0. The van der Waals surface area contributed by atoms with Crippen LogP contribution in [0.4, 0.5) is 13.6 Å². The standard InChI is InChI=1S/C19H19F2NO4/c20-17-8-3-13(10-18(17)21)11-25-15-4-6-16(7-5-15)26-12-14-2-1-9-22(14)19(23)24/h3-8,10,14H,1-2,9,11-12H2,(H,23,24)/t14-/m1/s1. The third kappa shape index (κ3) is 4.41. The van der Waals surface area contributed by atoms with E-state index in [0.717, 1.165) is 25.0 Å². The first kappa shape index (κ1) is 18.0. The Morgan fingerprint density at radius 2 is 1.77 bits per heavy atom. The Bertz CT molecular complexity index is 767. The van der Waals surface area contributed by atoms with Gasteiger partial charge in [0, 0.05) is 6.54 Å². The van der Waals surface area contributed by atoms with Gasteiger partial charge in [-0.3, -0.25) is 0 Å². The molecule has 0 aromatic heterocycles. The Morgan fingerprint density at radius 1 is 1.08 bits per heavy atom. The minimum absolute atomic E-state index is 0.118. The van der Waals surface area contributed by atoms with Crippen LogP contribution in [0.5, 0.6) is 11.5 Å². The van der Waals surface area contributed by atoms with Crippen molar-refractivity contribution in [2.24, 2.45) is 0 Å². The highest BCUT2D eigenvalue weighted by Gasteiger charge is 2.28. The number of amides is 1. The van der Waals surface area contributed by atoms with E-state index in [-0.39, 0.29) is 12.6 Å². The van der Waals surface area contributed by atoms with Crippen LogP contribution in [0.1, 0.15) is 18.4 Å². The summed E-state index contributed by atoms with van der Waals surface area (Å²) in [6, 6.07) is 10.4. The van der Waals surface area contributed by atoms with Crippen molar-refractivity contribution in [2.45, 2.75) is 25.5 Å². The summed E-state index contributed by atoms with van der Waals surface area (Å²) in [7, 11) is 0. The Balaban J connectivity index is 1.50. The summed E-state index contributed by atoms with van der Waals surface area (Å²) in [5.74, 6) is -0.617. The molecule has 1 aliphatic rings. The van der Waals surface area contributed by atoms with E-state index < -0.39 is 17.7 Å². The van der Waals surface area contributed by atoms with E-state index in [1.807, 2.05) is 0 Å². The molecular formula is C19H19F2NO4. The lowest BCUT2D eigenvalue weighted by Crippen LogP contribution is -2.37. The summed E-state index contributed by atoms with van der Waals surface area (Å²) >= 11 is 0. The Hall–Kier alpha value is -2.83. The molecule has 0 saturated carbocycles. The minimum Gasteiger partial charge on any atom is -0.491 e. The van der Waals surface area contributed by atoms with Gasteiger partial charge >= 0.3 is 6.09 Å². The molecule has 26 heavy (non-hydrogen) atoms. The number of carboxylic acid groups (broad SMARTS) is 1. The van der Waals surface area contributed by atoms with Crippen molar-refractivity contribution < 1.29 is 28.2 Å². The van der Waals surface area contributed by atoms with Gasteiger partial charge in [-0.15, -0.1) is 0 Å². The molecule has 0 aliphatic carbocycles. The Kier molecular flexibility index (Phi) is 5.55. The van der Waals surface area contributed by atoms with Crippen molar-refractivity contribution >= 4 is 6.09 Å². The van der Waals surface area contributed by atoms with Crippen LogP contribution in [0.3, 0.4) is 0 Å². The summed E-state index contributed by atoms with van der Waals surface area (Å²) in [5, 5.41) is 9.11. The number of carbonyl (C=O) groups is 1. The van der Waals surface area contributed by atoms with Crippen molar-refractivity contribution in [2.75, 3.05) is 13.2 Å². The van der Waals surface area contributed by atoms with Gasteiger partial charge in [-0.25, -0.2) is 13.6 Å². The van der Waals surface area contributed by atoms with Crippen molar-refractivity contribution in [3.05, 3.63) is 59.7 Å². The summed E-state index contributed by atoms with van der Waals surface area (Å²) in [6.07, 6.45) is 0.718. The van der Waals surface area contributed by atoms with Crippen LogP contribution < -0.4 is 9.47 Å². The van der Waals surface area contributed by atoms with E-state index in [9.17, 15) is 13.6 Å². The normalized spacial score (nSPS) is 16.5. The SMILES string of the molecule is O=C(O)N1CCC[C@@H]1COc1ccc(OCc2ccc(F)c(F)c2)cc1. The minimum atomic E-state index is -0.919. The Labute approximate surface area is 149 Å². The molecule has 1 aliphatic heterocycles. The van der Waals surface area contributed by atoms with Crippen LogP contribution in [0.2, 0.25) is 0 Å². The zero-order valence-electron chi connectivity index (χ0n) is 14.0. The van der Waals surface area contributed by atoms with Crippen LogP contribution >= 0.6 is 0 Å². The number of nitrogens with zero attached hydrogens (tertiary/aromatic N) is 1. The fourth-order valence-electron chi connectivity index (χ4n) is 2.88. The first-order valence-corrected chi connectivity index (χ1v) is 8.32. The Morgan fingerprint density at radius 3 is 2.42 bits per heavy atom. The quantitative estimate of drug-likeness (QED) is 0.841. The predicted molar refractivity (Wildman–Crippen MR) is 90.4 cm³/mol. The van der Waals surface area contributed by atoms with Crippen LogP contribution in [0, 0.1) is 11.6 Å². The fraction of sp³-hybridized carbons (Fsp3) is 0.316. The van der Waals surface area contributed by atoms with E-state index in [0.29, 0.717) is 30.2 Å². The van der Waals surface area contributed by atoms with Crippen LogP contribution in [-0.2, 0) is 6.61 Å². The van der Waals surface area contributed by atoms with Gasteiger partial charge in [-0.2, -0.15) is 0 Å². The first-order chi connectivity index (χ1) is 12.5. The molecule has 2 aromatic rings. The molecule has 1 atom stereocenters. The highest BCUT2D eigenvalue weighted by atomic mass is 19.2. The van der Waals surface area contributed by atoms with Gasteiger partial charge in [0.25, 0.3) is 0 Å². The first-order valence-electron chi connectivity index (χ1n) is 8.32. The number of rotatable bonds is 6. The lowest BCUT2D eigenvalue weighted by atomic mass is 10.2. The van der Waals surface area contributed by atoms with Crippen molar-refractivity contribution in [1.29, 1.82) is 0 Å². The molecular weight excluding hydrogens is 344 g/mol. The van der Waals surface area contributed by atoms with E-state index in [1.54, 1.807) is 24.3 Å². The van der Waals surface area contributed by atoms with Crippen LogP contribution in [0.15, 0.2) is 42.5 Å². The van der Waals surface area contributed by atoms with Gasteiger partial charge in [0.05, 0.1) is 6.04 Å². The van der Waals surface area contributed by atoms with Crippen molar-refractivity contribution in [3.63, 3.8) is 0 Å². The zero-order chi connectivity index (χ0) is 18.5. The summed E-state index contributed by atoms with van der Waals surface area (Å²) in [5.41, 5.74) is 0.527. The topological polar surface area (TPSA) is 59.0 Å². The largest absolute Gasteiger partial charge is 0.491 e. The summed E-state index contributed by atoms with van der Waals surface area (Å²) < 4.78 is 37.3. The van der Waals surface area contributed by atoms with Gasteiger partial charge in [-0.1, -0.05) is 6.07 Å². The highest BCUT2D eigenvalue weighted by molar-refractivity contribution is 5.65. The maximum absolute atomic E-state index is 13.2. The second kappa shape index (κ2) is 8.03. The fourth-order valence-corrected chi connectivity index (χ4v) is 2.88. The molecule has 1 fully saturated rings. The van der Waals surface area contributed by atoms with Crippen molar-refractivity contribution in [3.8, 4) is 11.5 Å². The number of ether oxygens (including phenoxy) is 2. The maximum Gasteiger partial charge on any atom is 0.407 e. The van der Waals surface area contributed by atoms with E-state index >= 15 is 0 Å². The molecule has 1 saturated heterocycles. The molecule has 7 heteroatoms. The maximum atomic E-state index is 13.2. The summed E-state index contributed by atoms with van der Waals surface area (Å²) in [6.45, 7) is 0.967. The van der Waals surface area contributed by atoms with Crippen molar-refractivity contribution in [1.82, 2.24) is 4.90 Å². The van der Waals surface area contributed by atoms with Gasteiger partial charge in [-0.05, 0) is 54.8 Å². The molecule has 3 rings (SSSR count). The molecule has 138 valence electrons. The molecule has 1 amide bonds. The van der Waals surface area contributed by atoms with E-state index in [1.165, 1.54) is 11.0 Å². The smallest absolute Gasteiger partial charge is 0.407 e. The molecule has 0 radical (unpaired) electrons. The van der Waals surface area contributed by atoms with Crippen LogP contribution in [-0.4, -0.2) is 35.3 Å². The van der Waals surface area contributed by atoms with Gasteiger partial charge in [0.2, 0.25) is 0 Å². The average Bonchev–Trinajstić information content (AvgIpc) is 3.11. The van der Waals surface area contributed by atoms with Gasteiger partial charge in [0.15, 0.2) is 11.6 Å². The second-order valence-corrected chi connectivity index (χ2v) is 6.09. The lowest BCUT2D eigenvalue weighted by Gasteiger charge is -2.21. The highest BCUT2D eigenvalue weighted by Crippen LogP contribution is 2.22. The number of halogens is 2.